The largest absolute Gasteiger partial charge is 0.505 e. The molecule has 0 spiro atoms. The van der Waals surface area contributed by atoms with Gasteiger partial charge in [-0.3, -0.25) is 9.78 Å². The molecule has 1 heterocycles. The van der Waals surface area contributed by atoms with Crippen LogP contribution in [0.2, 0.25) is 0 Å². The standard InChI is InChI=1S/C13H17N3O2S/c14-12(19)8-16(9-3-1-2-4-9)13(18)10-5-6-15-7-11(10)17/h5-7,9,17H,1-4,8H2,(H2,14,19). The Balaban J connectivity index is 2.24. The van der Waals surface area contributed by atoms with Crippen LogP contribution in [0.25, 0.3) is 0 Å². The Hall–Kier alpha value is -1.69. The third-order valence-electron chi connectivity index (χ3n) is 3.38. The number of pyridine rings is 1. The van der Waals surface area contributed by atoms with Crippen LogP contribution in [0.5, 0.6) is 5.75 Å². The first-order chi connectivity index (χ1) is 9.09. The third-order valence-corrected chi connectivity index (χ3v) is 3.51. The lowest BCUT2D eigenvalue weighted by molar-refractivity contribution is 0.0711. The number of hydrogen-bond acceptors (Lipinski definition) is 4. The topological polar surface area (TPSA) is 79.5 Å². The SMILES string of the molecule is NC(=S)CN(C(=O)c1ccncc1O)C1CCCC1. The molecular weight excluding hydrogens is 262 g/mol. The fraction of sp³-hybridized carbons (Fsp3) is 0.462. The van der Waals surface area contributed by atoms with Crippen molar-refractivity contribution in [2.24, 2.45) is 5.73 Å². The Bertz CT molecular complexity index is 487. The molecule has 19 heavy (non-hydrogen) atoms. The van der Waals surface area contributed by atoms with Crippen LogP contribution >= 0.6 is 12.2 Å². The molecule has 0 atom stereocenters. The van der Waals surface area contributed by atoms with Crippen LogP contribution in [-0.2, 0) is 0 Å². The fourth-order valence-electron chi connectivity index (χ4n) is 2.47. The molecule has 1 fully saturated rings. The zero-order valence-electron chi connectivity index (χ0n) is 10.6. The van der Waals surface area contributed by atoms with E-state index in [0.29, 0.717) is 0 Å². The Kier molecular flexibility index (Phi) is 4.31. The summed E-state index contributed by atoms with van der Waals surface area (Å²) in [5.41, 5.74) is 5.83. The third kappa shape index (κ3) is 3.20. The molecule has 0 radical (unpaired) electrons. The quantitative estimate of drug-likeness (QED) is 0.816. The van der Waals surface area contributed by atoms with Gasteiger partial charge in [0, 0.05) is 12.2 Å². The van der Waals surface area contributed by atoms with Gasteiger partial charge in [-0.25, -0.2) is 0 Å². The van der Waals surface area contributed by atoms with Gasteiger partial charge < -0.3 is 15.7 Å². The van der Waals surface area contributed by atoms with E-state index in [1.807, 2.05) is 0 Å². The van der Waals surface area contributed by atoms with Crippen LogP contribution in [-0.4, -0.2) is 38.5 Å². The average molecular weight is 279 g/mol. The first kappa shape index (κ1) is 13.7. The zero-order valence-corrected chi connectivity index (χ0v) is 11.4. The molecule has 0 aliphatic heterocycles. The molecule has 1 aliphatic carbocycles. The molecule has 1 aromatic heterocycles. The lowest BCUT2D eigenvalue weighted by Crippen LogP contribution is -2.43. The molecule has 1 aromatic rings. The van der Waals surface area contributed by atoms with Gasteiger partial charge in [0.1, 0.15) is 5.75 Å². The highest BCUT2D eigenvalue weighted by Crippen LogP contribution is 2.26. The van der Waals surface area contributed by atoms with Gasteiger partial charge in [-0.2, -0.15) is 0 Å². The zero-order chi connectivity index (χ0) is 13.8. The number of carbonyl (C=O) groups excluding carboxylic acids is 1. The van der Waals surface area contributed by atoms with Gasteiger partial charge in [0.25, 0.3) is 5.91 Å². The maximum absolute atomic E-state index is 12.5. The van der Waals surface area contributed by atoms with Crippen LogP contribution < -0.4 is 5.73 Å². The van der Waals surface area contributed by atoms with Crippen molar-refractivity contribution < 1.29 is 9.90 Å². The summed E-state index contributed by atoms with van der Waals surface area (Å²) < 4.78 is 0. The van der Waals surface area contributed by atoms with Crippen LogP contribution in [0.3, 0.4) is 0 Å². The maximum atomic E-state index is 12.5. The highest BCUT2D eigenvalue weighted by atomic mass is 32.1. The van der Waals surface area contributed by atoms with Crippen molar-refractivity contribution in [1.82, 2.24) is 9.88 Å². The molecule has 1 saturated carbocycles. The molecule has 5 nitrogen and oxygen atoms in total. The van der Waals surface area contributed by atoms with Crippen molar-refractivity contribution in [3.63, 3.8) is 0 Å². The van der Waals surface area contributed by atoms with Crippen molar-refractivity contribution in [2.45, 2.75) is 31.7 Å². The molecular formula is C13H17N3O2S. The first-order valence-electron chi connectivity index (χ1n) is 6.32. The second-order valence-corrected chi connectivity index (χ2v) is 5.25. The first-order valence-corrected chi connectivity index (χ1v) is 6.72. The van der Waals surface area contributed by atoms with Gasteiger partial charge in [-0.05, 0) is 18.9 Å². The summed E-state index contributed by atoms with van der Waals surface area (Å²) in [5.74, 6) is -0.349. The Morgan fingerprint density at radius 2 is 2.21 bits per heavy atom. The smallest absolute Gasteiger partial charge is 0.258 e. The summed E-state index contributed by atoms with van der Waals surface area (Å²) in [5, 5.41) is 9.73. The Labute approximate surface area is 117 Å². The summed E-state index contributed by atoms with van der Waals surface area (Å²) in [6, 6.07) is 1.67. The van der Waals surface area contributed by atoms with Crippen molar-refractivity contribution in [3.05, 3.63) is 24.0 Å². The summed E-state index contributed by atoms with van der Waals surface area (Å²) in [7, 11) is 0. The molecule has 1 aliphatic rings. The van der Waals surface area contributed by atoms with Gasteiger partial charge in [0.2, 0.25) is 0 Å². The maximum Gasteiger partial charge on any atom is 0.258 e. The molecule has 0 unspecified atom stereocenters. The van der Waals surface area contributed by atoms with Crippen LogP contribution in [0.1, 0.15) is 36.0 Å². The Morgan fingerprint density at radius 3 is 2.79 bits per heavy atom. The predicted molar refractivity (Wildman–Crippen MR) is 76.0 cm³/mol. The number of aromatic nitrogens is 1. The van der Waals surface area contributed by atoms with Gasteiger partial charge in [-0.1, -0.05) is 25.1 Å². The number of hydrogen-bond donors (Lipinski definition) is 2. The minimum Gasteiger partial charge on any atom is -0.505 e. The normalized spacial score (nSPS) is 15.4. The van der Waals surface area contributed by atoms with E-state index in [4.69, 9.17) is 18.0 Å². The monoisotopic (exact) mass is 279 g/mol. The summed E-state index contributed by atoms with van der Waals surface area (Å²) in [6.07, 6.45) is 6.88. The molecule has 102 valence electrons. The molecule has 2 rings (SSSR count). The van der Waals surface area contributed by atoms with E-state index >= 15 is 0 Å². The van der Waals surface area contributed by atoms with Crippen LogP contribution in [0.15, 0.2) is 18.5 Å². The van der Waals surface area contributed by atoms with Crippen molar-refractivity contribution in [3.8, 4) is 5.75 Å². The van der Waals surface area contributed by atoms with E-state index in [0.717, 1.165) is 25.7 Å². The number of thiocarbonyl (C=S) groups is 1. The minimum atomic E-state index is -0.236. The van der Waals surface area contributed by atoms with E-state index in [-0.39, 0.29) is 34.8 Å². The van der Waals surface area contributed by atoms with Crippen molar-refractivity contribution in [2.75, 3.05) is 6.54 Å². The molecule has 6 heteroatoms. The highest BCUT2D eigenvalue weighted by Gasteiger charge is 2.29. The molecule has 0 bridgehead atoms. The number of aromatic hydroxyl groups is 1. The van der Waals surface area contributed by atoms with Crippen molar-refractivity contribution >= 4 is 23.1 Å². The minimum absolute atomic E-state index is 0.113. The summed E-state index contributed by atoms with van der Waals surface area (Å²) in [4.78, 5) is 18.2. The summed E-state index contributed by atoms with van der Waals surface area (Å²) in [6.45, 7) is 0.251. The summed E-state index contributed by atoms with van der Waals surface area (Å²) >= 11 is 4.92. The number of rotatable bonds is 4. The van der Waals surface area contributed by atoms with E-state index < -0.39 is 0 Å². The van der Waals surface area contributed by atoms with Gasteiger partial charge in [0.15, 0.2) is 0 Å². The van der Waals surface area contributed by atoms with E-state index in [2.05, 4.69) is 4.98 Å². The van der Waals surface area contributed by atoms with Crippen LogP contribution in [0.4, 0.5) is 0 Å². The molecule has 1 amide bonds. The van der Waals surface area contributed by atoms with E-state index in [9.17, 15) is 9.90 Å². The molecule has 3 N–H and O–H groups in total. The molecule has 0 aromatic carbocycles. The lowest BCUT2D eigenvalue weighted by Gasteiger charge is -2.28. The van der Waals surface area contributed by atoms with E-state index in [1.54, 1.807) is 4.90 Å². The Morgan fingerprint density at radius 1 is 1.53 bits per heavy atom. The number of nitrogens with two attached hydrogens (primary N) is 1. The van der Waals surface area contributed by atoms with Crippen LogP contribution in [0, 0.1) is 0 Å². The predicted octanol–water partition coefficient (Wildman–Crippen LogP) is 1.46. The van der Waals surface area contributed by atoms with Crippen molar-refractivity contribution in [1.29, 1.82) is 0 Å². The molecule has 0 saturated heterocycles. The van der Waals surface area contributed by atoms with Gasteiger partial charge in [0.05, 0.1) is 23.3 Å². The van der Waals surface area contributed by atoms with Gasteiger partial charge >= 0.3 is 0 Å². The fourth-order valence-corrected chi connectivity index (χ4v) is 2.61. The van der Waals surface area contributed by atoms with Gasteiger partial charge in [-0.15, -0.1) is 0 Å². The number of amides is 1. The number of carbonyl (C=O) groups is 1. The van der Waals surface area contributed by atoms with E-state index in [1.165, 1.54) is 18.5 Å². The highest BCUT2D eigenvalue weighted by molar-refractivity contribution is 7.80. The second kappa shape index (κ2) is 5.97. The lowest BCUT2D eigenvalue weighted by atomic mass is 10.1. The average Bonchev–Trinajstić information content (AvgIpc) is 2.89. The number of nitrogens with zero attached hydrogens (tertiary/aromatic N) is 2. The second-order valence-electron chi connectivity index (χ2n) is 4.73.